The van der Waals surface area contributed by atoms with Gasteiger partial charge in [0.05, 0.1) is 19.3 Å². The third-order valence-electron chi connectivity index (χ3n) is 4.72. The molecule has 3 unspecified atom stereocenters. The van der Waals surface area contributed by atoms with Crippen molar-refractivity contribution in [1.82, 2.24) is 10.2 Å². The summed E-state index contributed by atoms with van der Waals surface area (Å²) < 4.78 is 5.39. The first kappa shape index (κ1) is 12.4. The summed E-state index contributed by atoms with van der Waals surface area (Å²) in [6, 6.07) is 1.62. The fourth-order valence-corrected chi connectivity index (χ4v) is 3.80. The van der Waals surface area contributed by atoms with Gasteiger partial charge < -0.3 is 15.0 Å². The summed E-state index contributed by atoms with van der Waals surface area (Å²) in [4.78, 5) is 14.4. The van der Waals surface area contributed by atoms with Crippen LogP contribution in [0.2, 0.25) is 0 Å². The van der Waals surface area contributed by atoms with E-state index in [0.717, 1.165) is 13.0 Å². The van der Waals surface area contributed by atoms with Gasteiger partial charge in [0.15, 0.2) is 0 Å². The Morgan fingerprint density at radius 3 is 2.72 bits per heavy atom. The van der Waals surface area contributed by atoms with Gasteiger partial charge in [0.25, 0.3) is 0 Å². The van der Waals surface area contributed by atoms with Gasteiger partial charge in [-0.2, -0.15) is 0 Å². The van der Waals surface area contributed by atoms with Gasteiger partial charge in [-0.05, 0) is 38.5 Å². The van der Waals surface area contributed by atoms with Crippen LogP contribution in [0.25, 0.3) is 0 Å². The van der Waals surface area contributed by atoms with Gasteiger partial charge in [-0.3, -0.25) is 4.79 Å². The van der Waals surface area contributed by atoms with E-state index in [2.05, 4.69) is 12.2 Å². The second kappa shape index (κ2) is 5.17. The summed E-state index contributed by atoms with van der Waals surface area (Å²) in [5, 5.41) is 3.64. The van der Waals surface area contributed by atoms with E-state index in [4.69, 9.17) is 4.74 Å². The highest BCUT2D eigenvalue weighted by Crippen LogP contribution is 2.33. The molecule has 0 radical (unpaired) electrons. The minimum atomic E-state index is 0.254. The lowest BCUT2D eigenvalue weighted by molar-refractivity contribution is -0.140. The predicted octanol–water partition coefficient (Wildman–Crippen LogP) is 1.15. The van der Waals surface area contributed by atoms with Gasteiger partial charge in [0.2, 0.25) is 5.91 Å². The Kier molecular flexibility index (Phi) is 3.57. The van der Waals surface area contributed by atoms with Crippen molar-refractivity contribution in [3.8, 4) is 0 Å². The summed E-state index contributed by atoms with van der Waals surface area (Å²) in [5.74, 6) is 0.948. The first-order valence-corrected chi connectivity index (χ1v) is 7.35. The Morgan fingerprint density at radius 1 is 1.33 bits per heavy atom. The van der Waals surface area contributed by atoms with Crippen LogP contribution in [0.5, 0.6) is 0 Å². The average Bonchev–Trinajstić information content (AvgIpc) is 2.69. The van der Waals surface area contributed by atoms with Gasteiger partial charge >= 0.3 is 0 Å². The zero-order valence-corrected chi connectivity index (χ0v) is 11.2. The van der Waals surface area contributed by atoms with Crippen LogP contribution in [0.1, 0.15) is 39.0 Å². The Balaban J connectivity index is 1.54. The molecule has 0 aliphatic carbocycles. The molecule has 0 aromatic rings. The minimum Gasteiger partial charge on any atom is -0.377 e. The molecule has 4 nitrogen and oxygen atoms in total. The Morgan fingerprint density at radius 2 is 2.06 bits per heavy atom. The molecule has 3 fully saturated rings. The largest absolute Gasteiger partial charge is 0.377 e. The SMILES string of the molecule is CC1COCCN1C(=O)CC1CC2CCC(C1)N2. The number of rotatable bonds is 2. The molecule has 18 heavy (non-hydrogen) atoms. The number of nitrogens with zero attached hydrogens (tertiary/aromatic N) is 1. The summed E-state index contributed by atoms with van der Waals surface area (Å²) >= 11 is 0. The molecule has 3 aliphatic rings. The Labute approximate surface area is 109 Å². The van der Waals surface area contributed by atoms with E-state index < -0.39 is 0 Å². The van der Waals surface area contributed by atoms with Crippen molar-refractivity contribution in [2.75, 3.05) is 19.8 Å². The molecule has 0 aromatic heterocycles. The molecule has 1 N–H and O–H groups in total. The van der Waals surface area contributed by atoms with E-state index in [1.165, 1.54) is 25.7 Å². The van der Waals surface area contributed by atoms with E-state index in [1.807, 2.05) is 4.90 Å². The highest BCUT2D eigenvalue weighted by molar-refractivity contribution is 5.77. The van der Waals surface area contributed by atoms with Crippen molar-refractivity contribution in [3.05, 3.63) is 0 Å². The quantitative estimate of drug-likeness (QED) is 0.801. The monoisotopic (exact) mass is 252 g/mol. The Bertz CT molecular complexity index is 309. The molecule has 0 spiro atoms. The van der Waals surface area contributed by atoms with E-state index in [0.29, 0.717) is 37.1 Å². The molecular formula is C14H24N2O2. The third-order valence-corrected chi connectivity index (χ3v) is 4.72. The lowest BCUT2D eigenvalue weighted by Crippen LogP contribution is -2.48. The number of ether oxygens (including phenoxy) is 1. The third kappa shape index (κ3) is 2.54. The number of morpholine rings is 1. The highest BCUT2D eigenvalue weighted by atomic mass is 16.5. The lowest BCUT2D eigenvalue weighted by atomic mass is 9.89. The van der Waals surface area contributed by atoms with Crippen molar-refractivity contribution in [2.45, 2.75) is 57.2 Å². The fourth-order valence-electron chi connectivity index (χ4n) is 3.80. The average molecular weight is 252 g/mol. The maximum Gasteiger partial charge on any atom is 0.223 e. The molecule has 0 aromatic carbocycles. The number of carbonyl (C=O) groups is 1. The molecule has 1 amide bonds. The number of amides is 1. The van der Waals surface area contributed by atoms with Crippen LogP contribution < -0.4 is 5.32 Å². The second-order valence-corrected chi connectivity index (χ2v) is 6.19. The number of fused-ring (bicyclic) bond motifs is 2. The minimum absolute atomic E-state index is 0.254. The number of hydrogen-bond acceptors (Lipinski definition) is 3. The van der Waals surface area contributed by atoms with Gasteiger partial charge in [-0.1, -0.05) is 0 Å². The van der Waals surface area contributed by atoms with E-state index in [-0.39, 0.29) is 6.04 Å². The normalized spacial score (nSPS) is 39.9. The van der Waals surface area contributed by atoms with Gasteiger partial charge in [0.1, 0.15) is 0 Å². The van der Waals surface area contributed by atoms with Crippen molar-refractivity contribution < 1.29 is 9.53 Å². The topological polar surface area (TPSA) is 41.6 Å². The Hall–Kier alpha value is -0.610. The number of carbonyl (C=O) groups excluding carboxylic acids is 1. The molecule has 3 heterocycles. The van der Waals surface area contributed by atoms with Crippen LogP contribution >= 0.6 is 0 Å². The first-order valence-electron chi connectivity index (χ1n) is 7.35. The molecule has 3 saturated heterocycles. The van der Waals surface area contributed by atoms with E-state index >= 15 is 0 Å². The highest BCUT2D eigenvalue weighted by Gasteiger charge is 2.35. The zero-order chi connectivity index (χ0) is 12.5. The zero-order valence-electron chi connectivity index (χ0n) is 11.2. The lowest BCUT2D eigenvalue weighted by Gasteiger charge is -2.35. The van der Waals surface area contributed by atoms with Gasteiger partial charge in [0, 0.05) is 25.0 Å². The van der Waals surface area contributed by atoms with E-state index in [1.54, 1.807) is 0 Å². The smallest absolute Gasteiger partial charge is 0.223 e. The fraction of sp³-hybridized carbons (Fsp3) is 0.929. The standard InChI is InChI=1S/C14H24N2O2/c1-10-9-18-5-4-16(10)14(17)8-11-6-12-2-3-13(7-11)15-12/h10-13,15H,2-9H2,1H3. The van der Waals surface area contributed by atoms with Gasteiger partial charge in [-0.25, -0.2) is 0 Å². The number of hydrogen-bond donors (Lipinski definition) is 1. The molecule has 3 aliphatic heterocycles. The van der Waals surface area contributed by atoms with E-state index in [9.17, 15) is 4.79 Å². The van der Waals surface area contributed by atoms with Crippen LogP contribution in [0.3, 0.4) is 0 Å². The summed E-state index contributed by atoms with van der Waals surface area (Å²) in [6.45, 7) is 4.26. The second-order valence-electron chi connectivity index (χ2n) is 6.19. The van der Waals surface area contributed by atoms with Crippen molar-refractivity contribution in [3.63, 3.8) is 0 Å². The van der Waals surface area contributed by atoms with Crippen molar-refractivity contribution in [2.24, 2.45) is 5.92 Å². The molecule has 3 atom stereocenters. The number of nitrogens with one attached hydrogen (secondary N) is 1. The molecular weight excluding hydrogens is 228 g/mol. The molecule has 3 rings (SSSR count). The van der Waals surface area contributed by atoms with Crippen LogP contribution in [0.4, 0.5) is 0 Å². The molecule has 0 saturated carbocycles. The van der Waals surface area contributed by atoms with Crippen LogP contribution in [0, 0.1) is 5.92 Å². The van der Waals surface area contributed by atoms with Crippen molar-refractivity contribution >= 4 is 5.91 Å². The summed E-state index contributed by atoms with van der Waals surface area (Å²) in [5.41, 5.74) is 0. The number of piperidine rings is 1. The summed E-state index contributed by atoms with van der Waals surface area (Å²) in [7, 11) is 0. The molecule has 2 bridgehead atoms. The predicted molar refractivity (Wildman–Crippen MR) is 69.3 cm³/mol. The maximum absolute atomic E-state index is 12.4. The van der Waals surface area contributed by atoms with Crippen molar-refractivity contribution in [1.29, 1.82) is 0 Å². The molecule has 102 valence electrons. The molecule has 4 heteroatoms. The van der Waals surface area contributed by atoms with Crippen LogP contribution in [-0.2, 0) is 9.53 Å². The first-order chi connectivity index (χ1) is 8.72. The van der Waals surface area contributed by atoms with Crippen LogP contribution in [0.15, 0.2) is 0 Å². The summed E-state index contributed by atoms with van der Waals surface area (Å²) in [6.07, 6.45) is 5.76. The van der Waals surface area contributed by atoms with Crippen LogP contribution in [-0.4, -0.2) is 48.7 Å². The maximum atomic E-state index is 12.4. The van der Waals surface area contributed by atoms with Gasteiger partial charge in [-0.15, -0.1) is 0 Å².